The highest BCUT2D eigenvalue weighted by molar-refractivity contribution is 5.96. The monoisotopic (exact) mass is 412 g/mol. The number of esters is 1. The van der Waals surface area contributed by atoms with Crippen LogP contribution in [0.15, 0.2) is 6.07 Å². The maximum atomic E-state index is 12.7. The van der Waals surface area contributed by atoms with Gasteiger partial charge in [0, 0.05) is 30.2 Å². The molecule has 5 nitrogen and oxygen atoms in total. The van der Waals surface area contributed by atoms with E-state index in [0.29, 0.717) is 35.9 Å². The van der Waals surface area contributed by atoms with E-state index in [1.54, 1.807) is 6.07 Å². The lowest BCUT2D eigenvalue weighted by atomic mass is 9.44. The van der Waals surface area contributed by atoms with Crippen LogP contribution in [0.3, 0.4) is 0 Å². The van der Waals surface area contributed by atoms with Crippen LogP contribution in [0.25, 0.3) is 0 Å². The second-order valence-electron chi connectivity index (χ2n) is 11.1. The molecule has 30 heavy (non-hydrogen) atoms. The number of benzene rings is 1. The van der Waals surface area contributed by atoms with Gasteiger partial charge in [-0.25, -0.2) is 4.79 Å². The number of hydrogen-bond donors (Lipinski definition) is 1. The fourth-order valence-corrected chi connectivity index (χ4v) is 7.41. The Balaban J connectivity index is 1.64. The number of hydrogen-bond acceptors (Lipinski definition) is 5. The number of carbonyl (C=O) groups is 2. The highest BCUT2D eigenvalue weighted by Gasteiger charge is 2.62. The first-order chi connectivity index (χ1) is 14.0. The molecule has 1 N–H and O–H groups in total. The van der Waals surface area contributed by atoms with Crippen LogP contribution in [0.5, 0.6) is 11.5 Å². The number of phenolic OH excluding ortho intramolecular Hbond substituents is 1. The van der Waals surface area contributed by atoms with E-state index in [2.05, 4.69) is 27.7 Å². The van der Waals surface area contributed by atoms with Crippen molar-refractivity contribution in [3.8, 4) is 11.5 Å². The molecule has 2 saturated carbocycles. The summed E-state index contributed by atoms with van der Waals surface area (Å²) >= 11 is 0. The quantitative estimate of drug-likeness (QED) is 0.630. The minimum absolute atomic E-state index is 0.00629. The van der Waals surface area contributed by atoms with Crippen molar-refractivity contribution in [2.75, 3.05) is 0 Å². The Morgan fingerprint density at radius 1 is 1.03 bits per heavy atom. The zero-order valence-corrected chi connectivity index (χ0v) is 18.6. The molecule has 0 aromatic heterocycles. The SMILES string of the molecule is C[C@@H]1Cc2c3c(cc(O)c2C(=O)O1)O[C@]1(C)CC[C@H]2C(C)(C)C(=O)CC[C@]2(C)[C@H]1C3. The highest BCUT2D eigenvalue weighted by atomic mass is 16.5. The molecule has 2 aliphatic carbocycles. The normalized spacial score (nSPS) is 39.0. The van der Waals surface area contributed by atoms with Gasteiger partial charge < -0.3 is 14.6 Å². The molecule has 5 atom stereocenters. The first-order valence-electron chi connectivity index (χ1n) is 11.3. The molecule has 0 amide bonds. The average molecular weight is 413 g/mol. The van der Waals surface area contributed by atoms with E-state index >= 15 is 0 Å². The second kappa shape index (κ2) is 6.02. The lowest BCUT2D eigenvalue weighted by Gasteiger charge is -2.62. The Morgan fingerprint density at radius 3 is 2.50 bits per heavy atom. The molecule has 0 radical (unpaired) electrons. The average Bonchev–Trinajstić information content (AvgIpc) is 2.63. The number of carbonyl (C=O) groups excluding carboxylic acids is 2. The zero-order valence-electron chi connectivity index (χ0n) is 18.6. The van der Waals surface area contributed by atoms with Crippen LogP contribution in [0.2, 0.25) is 0 Å². The van der Waals surface area contributed by atoms with Gasteiger partial charge in [0.05, 0.1) is 0 Å². The van der Waals surface area contributed by atoms with Gasteiger partial charge in [0.2, 0.25) is 0 Å². The van der Waals surface area contributed by atoms with Gasteiger partial charge in [0.15, 0.2) is 0 Å². The van der Waals surface area contributed by atoms with Crippen LogP contribution in [-0.4, -0.2) is 28.6 Å². The van der Waals surface area contributed by atoms with Crippen LogP contribution >= 0.6 is 0 Å². The number of cyclic esters (lactones) is 1. The fourth-order valence-electron chi connectivity index (χ4n) is 7.41. The minimum Gasteiger partial charge on any atom is -0.507 e. The predicted octanol–water partition coefficient (Wildman–Crippen LogP) is 4.61. The molecule has 5 heteroatoms. The summed E-state index contributed by atoms with van der Waals surface area (Å²) in [6, 6.07) is 1.61. The smallest absolute Gasteiger partial charge is 0.342 e. The summed E-state index contributed by atoms with van der Waals surface area (Å²) in [5, 5.41) is 10.6. The minimum atomic E-state index is -0.450. The summed E-state index contributed by atoms with van der Waals surface area (Å²) in [7, 11) is 0. The van der Waals surface area contributed by atoms with Crippen LogP contribution in [-0.2, 0) is 22.4 Å². The van der Waals surface area contributed by atoms with Crippen molar-refractivity contribution in [2.45, 2.75) is 84.8 Å². The van der Waals surface area contributed by atoms with Crippen LogP contribution in [0.1, 0.15) is 81.8 Å². The van der Waals surface area contributed by atoms with Gasteiger partial charge in [0.1, 0.15) is 34.6 Å². The van der Waals surface area contributed by atoms with Crippen LogP contribution in [0, 0.1) is 22.7 Å². The third kappa shape index (κ3) is 2.47. The Hall–Kier alpha value is -2.04. The van der Waals surface area contributed by atoms with Crippen molar-refractivity contribution in [1.82, 2.24) is 0 Å². The van der Waals surface area contributed by atoms with Gasteiger partial charge >= 0.3 is 5.97 Å². The molecule has 1 aromatic carbocycles. The second-order valence-corrected chi connectivity index (χ2v) is 11.1. The molecule has 2 fully saturated rings. The molecule has 2 aliphatic heterocycles. The third-order valence-electron chi connectivity index (χ3n) is 8.98. The third-order valence-corrected chi connectivity index (χ3v) is 8.98. The summed E-state index contributed by atoms with van der Waals surface area (Å²) < 4.78 is 12.0. The van der Waals surface area contributed by atoms with E-state index in [1.807, 2.05) is 6.92 Å². The number of ether oxygens (including phenoxy) is 2. The van der Waals surface area contributed by atoms with Gasteiger partial charge in [0.25, 0.3) is 0 Å². The van der Waals surface area contributed by atoms with Crippen LogP contribution in [0.4, 0.5) is 0 Å². The Labute approximate surface area is 178 Å². The van der Waals surface area contributed by atoms with E-state index in [0.717, 1.165) is 36.8 Å². The molecule has 0 saturated heterocycles. The van der Waals surface area contributed by atoms with E-state index in [-0.39, 0.29) is 34.2 Å². The van der Waals surface area contributed by atoms with E-state index < -0.39 is 5.97 Å². The van der Waals surface area contributed by atoms with E-state index in [1.165, 1.54) is 0 Å². The topological polar surface area (TPSA) is 72.8 Å². The first-order valence-corrected chi connectivity index (χ1v) is 11.3. The maximum Gasteiger partial charge on any atom is 0.342 e. The molecule has 162 valence electrons. The highest BCUT2D eigenvalue weighted by Crippen LogP contribution is 2.64. The summed E-state index contributed by atoms with van der Waals surface area (Å²) in [6.45, 7) is 10.7. The van der Waals surface area contributed by atoms with Gasteiger partial charge in [-0.05, 0) is 62.0 Å². The van der Waals surface area contributed by atoms with Crippen molar-refractivity contribution in [2.24, 2.45) is 22.7 Å². The fraction of sp³-hybridized carbons (Fsp3) is 0.680. The standard InChI is InChI=1S/C25H32O5/c1-13-10-15-14-11-19-24(4)8-7-20(27)23(2,3)18(24)6-9-25(19,5)30-17(14)12-16(26)21(15)22(28)29-13/h12-13,18-19,26H,6-11H2,1-5H3/t13-,18+,19-,24+,25-/m1/s1. The van der Waals surface area contributed by atoms with Crippen LogP contribution < -0.4 is 4.74 Å². The van der Waals surface area contributed by atoms with Gasteiger partial charge in [-0.1, -0.05) is 20.8 Å². The van der Waals surface area contributed by atoms with Gasteiger partial charge in [-0.2, -0.15) is 0 Å². The van der Waals surface area contributed by atoms with E-state index in [9.17, 15) is 14.7 Å². The Bertz CT molecular complexity index is 963. The molecule has 5 rings (SSSR count). The Kier molecular flexibility index (Phi) is 3.99. The van der Waals surface area contributed by atoms with Crippen molar-refractivity contribution >= 4 is 11.8 Å². The summed E-state index contributed by atoms with van der Waals surface area (Å²) in [5.74, 6) is 1.17. The van der Waals surface area contributed by atoms with Crippen molar-refractivity contribution < 1.29 is 24.2 Å². The molecule has 1 aromatic rings. The van der Waals surface area contributed by atoms with Crippen molar-refractivity contribution in [3.63, 3.8) is 0 Å². The maximum absolute atomic E-state index is 12.7. The number of rotatable bonds is 0. The Morgan fingerprint density at radius 2 is 1.77 bits per heavy atom. The number of fused-ring (bicyclic) bond motifs is 6. The molecule has 0 spiro atoms. The zero-order chi connectivity index (χ0) is 21.6. The molecule has 0 unspecified atom stereocenters. The predicted molar refractivity (Wildman–Crippen MR) is 112 cm³/mol. The van der Waals surface area contributed by atoms with Gasteiger partial charge in [-0.15, -0.1) is 0 Å². The first kappa shape index (κ1) is 19.9. The molecule has 0 bridgehead atoms. The summed E-state index contributed by atoms with van der Waals surface area (Å²) in [6.07, 6.45) is 4.56. The lowest BCUT2D eigenvalue weighted by Crippen LogP contribution is -2.63. The van der Waals surface area contributed by atoms with E-state index in [4.69, 9.17) is 9.47 Å². The summed E-state index contributed by atoms with van der Waals surface area (Å²) in [4.78, 5) is 25.2. The van der Waals surface area contributed by atoms with Crippen molar-refractivity contribution in [3.05, 3.63) is 22.8 Å². The number of Topliss-reactive ketones (excluding diaryl/α,β-unsaturated/α-hetero) is 1. The van der Waals surface area contributed by atoms with Crippen molar-refractivity contribution in [1.29, 1.82) is 0 Å². The molecule has 2 heterocycles. The number of phenols is 1. The number of aromatic hydroxyl groups is 1. The molecular formula is C25H32O5. The molecule has 4 aliphatic rings. The number of ketones is 1. The summed E-state index contributed by atoms with van der Waals surface area (Å²) in [5.41, 5.74) is 1.57. The molecular weight excluding hydrogens is 380 g/mol. The largest absolute Gasteiger partial charge is 0.507 e. The lowest BCUT2D eigenvalue weighted by molar-refractivity contribution is -0.173. The van der Waals surface area contributed by atoms with Gasteiger partial charge in [-0.3, -0.25) is 4.79 Å².